The van der Waals surface area contributed by atoms with Crippen LogP contribution in [0.5, 0.6) is 0 Å². The molecular formula is C7H13ClO. The topological polar surface area (TPSA) is 12.5 Å². The zero-order valence-corrected chi connectivity index (χ0v) is 6.74. The van der Waals surface area contributed by atoms with Gasteiger partial charge in [0.05, 0.1) is 12.5 Å². The first-order valence-electron chi connectivity index (χ1n) is 3.38. The molecule has 1 fully saturated rings. The Morgan fingerprint density at radius 2 is 2.22 bits per heavy atom. The molecule has 1 aliphatic rings. The second-order valence-corrected chi connectivity index (χ2v) is 3.47. The van der Waals surface area contributed by atoms with Crippen LogP contribution in [0.1, 0.15) is 20.3 Å². The zero-order chi connectivity index (χ0) is 6.91. The fourth-order valence-corrected chi connectivity index (χ4v) is 1.36. The fraction of sp³-hybridized carbons (Fsp3) is 1.00. The van der Waals surface area contributed by atoms with Crippen molar-refractivity contribution in [1.82, 2.24) is 0 Å². The molecule has 0 aromatic rings. The van der Waals surface area contributed by atoms with Gasteiger partial charge in [0.1, 0.15) is 5.60 Å². The second-order valence-electron chi connectivity index (χ2n) is 3.20. The summed E-state index contributed by atoms with van der Waals surface area (Å²) in [7, 11) is 0. The van der Waals surface area contributed by atoms with E-state index in [0.717, 1.165) is 13.0 Å². The molecule has 0 bridgehead atoms. The first kappa shape index (κ1) is 7.36. The summed E-state index contributed by atoms with van der Waals surface area (Å²) in [4.78, 5) is 0. The molecule has 0 amide bonds. The lowest BCUT2D eigenvalue weighted by molar-refractivity contribution is 0.286. The van der Waals surface area contributed by atoms with E-state index in [-0.39, 0.29) is 5.60 Å². The molecule has 1 aliphatic heterocycles. The lowest BCUT2D eigenvalue weighted by Gasteiger charge is -2.09. The molecule has 0 aromatic carbocycles. The molecule has 0 spiro atoms. The van der Waals surface area contributed by atoms with E-state index in [4.69, 9.17) is 16.3 Å². The first-order valence-corrected chi connectivity index (χ1v) is 3.92. The van der Waals surface area contributed by atoms with Gasteiger partial charge in [-0.3, -0.25) is 0 Å². The summed E-state index contributed by atoms with van der Waals surface area (Å²) >= 11 is 5.67. The van der Waals surface area contributed by atoms with Gasteiger partial charge in [-0.25, -0.2) is 0 Å². The minimum atomic E-state index is 0.0791. The van der Waals surface area contributed by atoms with Crippen molar-refractivity contribution >= 4 is 11.6 Å². The molecule has 1 saturated heterocycles. The highest BCUT2D eigenvalue weighted by molar-refractivity contribution is 6.18. The van der Waals surface area contributed by atoms with Gasteiger partial charge in [0.15, 0.2) is 0 Å². The number of hydrogen-bond acceptors (Lipinski definition) is 1. The molecule has 1 heterocycles. The Kier molecular flexibility index (Phi) is 2.02. The van der Waals surface area contributed by atoms with Gasteiger partial charge in [0.25, 0.3) is 0 Å². The minimum absolute atomic E-state index is 0.0791. The molecule has 0 radical (unpaired) electrons. The Labute approximate surface area is 61.3 Å². The van der Waals surface area contributed by atoms with Crippen molar-refractivity contribution in [2.75, 3.05) is 12.5 Å². The number of halogens is 1. The highest BCUT2D eigenvalue weighted by Gasteiger charge is 2.43. The summed E-state index contributed by atoms with van der Waals surface area (Å²) in [6.45, 7) is 5.25. The molecule has 1 rings (SSSR count). The third-order valence-electron chi connectivity index (χ3n) is 1.58. The van der Waals surface area contributed by atoms with Crippen LogP contribution in [0, 0.1) is 5.92 Å². The zero-order valence-electron chi connectivity index (χ0n) is 5.98. The van der Waals surface area contributed by atoms with Gasteiger partial charge in [-0.15, -0.1) is 11.6 Å². The van der Waals surface area contributed by atoms with Gasteiger partial charge in [0, 0.05) is 0 Å². The summed E-state index contributed by atoms with van der Waals surface area (Å²) < 4.78 is 5.22. The number of rotatable bonds is 3. The largest absolute Gasteiger partial charge is 0.368 e. The van der Waals surface area contributed by atoms with Gasteiger partial charge in [0.2, 0.25) is 0 Å². The van der Waals surface area contributed by atoms with Gasteiger partial charge < -0.3 is 4.74 Å². The summed E-state index contributed by atoms with van der Waals surface area (Å²) in [6, 6.07) is 0. The molecule has 2 heteroatoms. The summed E-state index contributed by atoms with van der Waals surface area (Å²) in [6.07, 6.45) is 1.11. The molecule has 0 N–H and O–H groups in total. The van der Waals surface area contributed by atoms with E-state index in [2.05, 4.69) is 13.8 Å². The predicted octanol–water partition coefficient (Wildman–Crippen LogP) is 2.04. The highest BCUT2D eigenvalue weighted by atomic mass is 35.5. The van der Waals surface area contributed by atoms with E-state index in [1.165, 1.54) is 0 Å². The molecule has 1 unspecified atom stereocenters. The molecule has 0 saturated carbocycles. The molecule has 0 aliphatic carbocycles. The molecule has 1 atom stereocenters. The Morgan fingerprint density at radius 3 is 2.33 bits per heavy atom. The van der Waals surface area contributed by atoms with Crippen molar-refractivity contribution in [3.05, 3.63) is 0 Å². The van der Waals surface area contributed by atoms with Crippen LogP contribution in [0.4, 0.5) is 0 Å². The second kappa shape index (κ2) is 2.47. The van der Waals surface area contributed by atoms with Crippen molar-refractivity contribution < 1.29 is 4.74 Å². The molecule has 54 valence electrons. The lowest BCUT2D eigenvalue weighted by atomic mass is 10.00. The highest BCUT2D eigenvalue weighted by Crippen LogP contribution is 2.34. The van der Waals surface area contributed by atoms with E-state index < -0.39 is 0 Å². The third-order valence-corrected chi connectivity index (χ3v) is 2.06. The first-order chi connectivity index (χ1) is 4.18. The molecule has 9 heavy (non-hydrogen) atoms. The van der Waals surface area contributed by atoms with Crippen molar-refractivity contribution in [1.29, 1.82) is 0 Å². The number of hydrogen-bond donors (Lipinski definition) is 0. The lowest BCUT2D eigenvalue weighted by Crippen LogP contribution is -2.15. The van der Waals surface area contributed by atoms with Crippen molar-refractivity contribution in [2.24, 2.45) is 5.92 Å². The van der Waals surface area contributed by atoms with E-state index in [1.807, 2.05) is 0 Å². The molecule has 0 aromatic heterocycles. The number of epoxide rings is 1. The van der Waals surface area contributed by atoms with Crippen molar-refractivity contribution in [3.8, 4) is 0 Å². The summed E-state index contributed by atoms with van der Waals surface area (Å²) in [5.41, 5.74) is 0.0791. The van der Waals surface area contributed by atoms with E-state index in [9.17, 15) is 0 Å². The van der Waals surface area contributed by atoms with Crippen molar-refractivity contribution in [3.63, 3.8) is 0 Å². The average Bonchev–Trinajstić information content (AvgIpc) is 2.48. The van der Waals surface area contributed by atoms with Crippen LogP contribution in [0.15, 0.2) is 0 Å². The van der Waals surface area contributed by atoms with Crippen molar-refractivity contribution in [2.45, 2.75) is 25.9 Å². The predicted molar refractivity (Wildman–Crippen MR) is 38.9 cm³/mol. The van der Waals surface area contributed by atoms with Crippen LogP contribution in [0.2, 0.25) is 0 Å². The maximum atomic E-state index is 5.67. The van der Waals surface area contributed by atoms with Gasteiger partial charge in [-0.2, -0.15) is 0 Å². The van der Waals surface area contributed by atoms with Gasteiger partial charge in [-0.05, 0) is 12.3 Å². The monoisotopic (exact) mass is 148 g/mol. The Bertz CT molecular complexity index is 97.1. The molecular weight excluding hydrogens is 136 g/mol. The van der Waals surface area contributed by atoms with Gasteiger partial charge >= 0.3 is 0 Å². The Balaban J connectivity index is 2.25. The van der Waals surface area contributed by atoms with Crippen LogP contribution >= 0.6 is 11.6 Å². The maximum Gasteiger partial charge on any atom is 0.105 e. The summed E-state index contributed by atoms with van der Waals surface area (Å²) in [5.74, 6) is 1.36. The fourth-order valence-electron chi connectivity index (χ4n) is 1.10. The summed E-state index contributed by atoms with van der Waals surface area (Å²) in [5, 5.41) is 0. The van der Waals surface area contributed by atoms with E-state index >= 15 is 0 Å². The minimum Gasteiger partial charge on any atom is -0.368 e. The van der Waals surface area contributed by atoms with E-state index in [1.54, 1.807) is 0 Å². The quantitative estimate of drug-likeness (QED) is 0.441. The average molecular weight is 149 g/mol. The Morgan fingerprint density at radius 1 is 1.67 bits per heavy atom. The third kappa shape index (κ3) is 1.84. The van der Waals surface area contributed by atoms with Crippen LogP contribution in [0.25, 0.3) is 0 Å². The van der Waals surface area contributed by atoms with Crippen LogP contribution < -0.4 is 0 Å². The number of alkyl halides is 1. The van der Waals surface area contributed by atoms with Crippen LogP contribution in [-0.4, -0.2) is 18.1 Å². The van der Waals surface area contributed by atoms with Gasteiger partial charge in [-0.1, -0.05) is 13.8 Å². The Hall–Kier alpha value is 0.250. The maximum absolute atomic E-state index is 5.67. The van der Waals surface area contributed by atoms with Crippen LogP contribution in [-0.2, 0) is 4.74 Å². The standard InChI is InChI=1S/C7H13ClO/c1-6(2)3-7(4-8)5-9-7/h6H,3-5H2,1-2H3. The normalized spacial score (nSPS) is 33.3. The van der Waals surface area contributed by atoms with E-state index in [0.29, 0.717) is 11.8 Å². The van der Waals surface area contributed by atoms with Crippen LogP contribution in [0.3, 0.4) is 0 Å². The smallest absolute Gasteiger partial charge is 0.105 e. The number of ether oxygens (including phenoxy) is 1. The molecule has 1 nitrogen and oxygen atoms in total. The SMILES string of the molecule is CC(C)CC1(CCl)CO1.